The molecule has 1 saturated heterocycles. The third kappa shape index (κ3) is 6.27. The number of halogens is 2. The van der Waals surface area contributed by atoms with Gasteiger partial charge >= 0.3 is 0 Å². The van der Waals surface area contributed by atoms with E-state index in [1.807, 2.05) is 18.3 Å². The lowest BCUT2D eigenvalue weighted by atomic mass is 10.00. The van der Waals surface area contributed by atoms with Gasteiger partial charge in [-0.05, 0) is 37.3 Å². The van der Waals surface area contributed by atoms with Crippen molar-refractivity contribution in [1.29, 1.82) is 0 Å². The molecule has 2 heterocycles. The number of nitrogens with one attached hydrogen (secondary N) is 1. The number of ether oxygens (including phenoxy) is 1. The zero-order chi connectivity index (χ0) is 16.9. The lowest BCUT2D eigenvalue weighted by Gasteiger charge is -2.32. The van der Waals surface area contributed by atoms with E-state index in [1.165, 1.54) is 0 Å². The Labute approximate surface area is 168 Å². The van der Waals surface area contributed by atoms with Crippen molar-refractivity contribution in [2.45, 2.75) is 51.3 Å². The summed E-state index contributed by atoms with van der Waals surface area (Å²) >= 11 is 0. The van der Waals surface area contributed by atoms with Gasteiger partial charge in [0.15, 0.2) is 0 Å². The van der Waals surface area contributed by atoms with Crippen LogP contribution in [0.2, 0.25) is 0 Å². The van der Waals surface area contributed by atoms with Crippen LogP contribution in [0.5, 0.6) is 0 Å². The predicted molar refractivity (Wildman–Crippen MR) is 108 cm³/mol. The number of rotatable bonds is 5. The quantitative estimate of drug-likeness (QED) is 0.786. The van der Waals surface area contributed by atoms with E-state index < -0.39 is 0 Å². The smallest absolute Gasteiger partial charge is 0.220 e. The summed E-state index contributed by atoms with van der Waals surface area (Å²) in [4.78, 5) is 18.8. The molecule has 0 aromatic carbocycles. The molecule has 26 heavy (non-hydrogen) atoms. The van der Waals surface area contributed by atoms with Crippen LogP contribution in [0.4, 0.5) is 5.82 Å². The third-order valence-corrected chi connectivity index (χ3v) is 5.03. The van der Waals surface area contributed by atoms with Crippen LogP contribution in [0.15, 0.2) is 18.3 Å². The second-order valence-electron chi connectivity index (χ2n) is 6.99. The molecule has 2 aliphatic rings. The molecule has 1 saturated carbocycles. The van der Waals surface area contributed by atoms with Crippen LogP contribution in [0.3, 0.4) is 0 Å². The molecule has 0 radical (unpaired) electrons. The van der Waals surface area contributed by atoms with Crippen molar-refractivity contribution in [2.24, 2.45) is 11.7 Å². The Balaban J connectivity index is 0.00000169. The van der Waals surface area contributed by atoms with Gasteiger partial charge in [0.05, 0.1) is 12.7 Å². The van der Waals surface area contributed by atoms with Crippen LogP contribution in [0.25, 0.3) is 0 Å². The van der Waals surface area contributed by atoms with E-state index in [0.717, 1.165) is 50.3 Å². The maximum absolute atomic E-state index is 12.1. The molecule has 8 heteroatoms. The molecule has 0 bridgehead atoms. The number of anilines is 1. The summed E-state index contributed by atoms with van der Waals surface area (Å²) in [6, 6.07) is 4.24. The number of aromatic nitrogens is 1. The number of hydrogen-bond donors (Lipinski definition) is 2. The molecule has 148 valence electrons. The Morgan fingerprint density at radius 1 is 1.38 bits per heavy atom. The number of morpholine rings is 1. The summed E-state index contributed by atoms with van der Waals surface area (Å²) in [5, 5.41) is 2.98. The number of nitrogens with zero attached hydrogens (tertiary/aromatic N) is 2. The van der Waals surface area contributed by atoms with E-state index in [9.17, 15) is 4.79 Å². The highest BCUT2D eigenvalue weighted by Crippen LogP contribution is 2.26. The summed E-state index contributed by atoms with van der Waals surface area (Å²) in [6.45, 7) is 5.07. The number of nitrogens with two attached hydrogens (primary N) is 1. The topological polar surface area (TPSA) is 80.5 Å². The van der Waals surface area contributed by atoms with Crippen LogP contribution < -0.4 is 16.0 Å². The third-order valence-electron chi connectivity index (χ3n) is 5.03. The molecule has 1 aromatic heterocycles. The lowest BCUT2D eigenvalue weighted by molar-refractivity contribution is -0.122. The minimum absolute atomic E-state index is 0. The van der Waals surface area contributed by atoms with Crippen molar-refractivity contribution in [2.75, 3.05) is 24.6 Å². The van der Waals surface area contributed by atoms with E-state index in [2.05, 4.69) is 22.1 Å². The van der Waals surface area contributed by atoms with Gasteiger partial charge in [-0.15, -0.1) is 24.8 Å². The molecule has 1 amide bonds. The van der Waals surface area contributed by atoms with Crippen molar-refractivity contribution in [3.05, 3.63) is 23.9 Å². The number of hydrogen-bond acceptors (Lipinski definition) is 5. The fourth-order valence-corrected chi connectivity index (χ4v) is 3.56. The summed E-state index contributed by atoms with van der Waals surface area (Å²) in [6.07, 6.45) is 5.88. The largest absolute Gasteiger partial charge is 0.375 e. The highest BCUT2D eigenvalue weighted by atomic mass is 35.5. The SMILES string of the molecule is CC1CN(c2ccc(CNC(=O)C[C@@H]3CCC[C@H]3N)cn2)CCO1.Cl.Cl. The Hall–Kier alpha value is -1.08. The molecule has 1 aromatic rings. The average molecular weight is 405 g/mol. The van der Waals surface area contributed by atoms with Gasteiger partial charge in [0, 0.05) is 38.3 Å². The minimum Gasteiger partial charge on any atom is -0.375 e. The zero-order valence-corrected chi connectivity index (χ0v) is 16.9. The first-order valence-corrected chi connectivity index (χ1v) is 8.95. The first-order chi connectivity index (χ1) is 11.6. The lowest BCUT2D eigenvalue weighted by Crippen LogP contribution is -2.41. The monoisotopic (exact) mass is 404 g/mol. The highest BCUT2D eigenvalue weighted by molar-refractivity contribution is 5.85. The van der Waals surface area contributed by atoms with Gasteiger partial charge in [0.1, 0.15) is 5.82 Å². The van der Waals surface area contributed by atoms with E-state index >= 15 is 0 Å². The van der Waals surface area contributed by atoms with E-state index in [-0.39, 0.29) is 42.9 Å². The number of pyridine rings is 1. The van der Waals surface area contributed by atoms with Crippen molar-refractivity contribution >= 4 is 36.5 Å². The summed E-state index contributed by atoms with van der Waals surface area (Å²) in [7, 11) is 0. The Morgan fingerprint density at radius 3 is 2.81 bits per heavy atom. The molecular weight excluding hydrogens is 375 g/mol. The van der Waals surface area contributed by atoms with Gasteiger partial charge in [0.2, 0.25) is 5.91 Å². The van der Waals surface area contributed by atoms with Crippen molar-refractivity contribution in [3.8, 4) is 0 Å². The predicted octanol–water partition coefficient (Wildman–Crippen LogP) is 2.28. The summed E-state index contributed by atoms with van der Waals surface area (Å²) in [5.74, 6) is 1.40. The number of carbonyl (C=O) groups excluding carboxylic acids is 1. The Kier molecular flexibility index (Phi) is 9.64. The van der Waals surface area contributed by atoms with Gasteiger partial charge in [-0.2, -0.15) is 0 Å². The second-order valence-corrected chi connectivity index (χ2v) is 6.99. The molecule has 1 unspecified atom stereocenters. The molecular formula is C18H30Cl2N4O2. The highest BCUT2D eigenvalue weighted by Gasteiger charge is 2.25. The molecule has 2 fully saturated rings. The number of carbonyl (C=O) groups is 1. The molecule has 3 N–H and O–H groups in total. The zero-order valence-electron chi connectivity index (χ0n) is 15.2. The normalized spacial score (nSPS) is 25.2. The molecule has 1 aliphatic heterocycles. The van der Waals surface area contributed by atoms with Crippen LogP contribution in [0, 0.1) is 5.92 Å². The molecule has 3 rings (SSSR count). The Bertz CT molecular complexity index is 559. The standard InChI is InChI=1S/C18H28N4O2.2ClH/c1-13-12-22(7-8-24-13)17-6-5-14(10-20-17)11-21-18(23)9-15-3-2-4-16(15)19;;/h5-6,10,13,15-16H,2-4,7-9,11-12,19H2,1H3,(H,21,23);2*1H/t13?,15-,16+;;/m0../s1. The maximum atomic E-state index is 12.1. The van der Waals surface area contributed by atoms with Crippen LogP contribution in [0.1, 0.15) is 38.2 Å². The molecule has 3 atom stereocenters. The average Bonchev–Trinajstić information content (AvgIpc) is 2.98. The van der Waals surface area contributed by atoms with Gasteiger partial charge in [0.25, 0.3) is 0 Å². The van der Waals surface area contributed by atoms with Crippen LogP contribution in [-0.2, 0) is 16.1 Å². The Morgan fingerprint density at radius 2 is 2.19 bits per heavy atom. The fraction of sp³-hybridized carbons (Fsp3) is 0.667. The van der Waals surface area contributed by atoms with Gasteiger partial charge < -0.3 is 20.7 Å². The van der Waals surface area contributed by atoms with Gasteiger partial charge in [-0.1, -0.05) is 12.5 Å². The number of amides is 1. The first-order valence-electron chi connectivity index (χ1n) is 8.95. The molecule has 6 nitrogen and oxygen atoms in total. The van der Waals surface area contributed by atoms with Crippen LogP contribution >= 0.6 is 24.8 Å². The van der Waals surface area contributed by atoms with Crippen LogP contribution in [-0.4, -0.2) is 42.7 Å². The minimum atomic E-state index is 0. The molecule has 1 aliphatic carbocycles. The van der Waals surface area contributed by atoms with Gasteiger partial charge in [-0.25, -0.2) is 4.98 Å². The van der Waals surface area contributed by atoms with E-state index in [0.29, 0.717) is 18.9 Å². The van der Waals surface area contributed by atoms with Crippen molar-refractivity contribution < 1.29 is 9.53 Å². The van der Waals surface area contributed by atoms with Crippen molar-refractivity contribution in [1.82, 2.24) is 10.3 Å². The molecule has 0 spiro atoms. The van der Waals surface area contributed by atoms with Crippen molar-refractivity contribution in [3.63, 3.8) is 0 Å². The van der Waals surface area contributed by atoms with E-state index in [1.54, 1.807) is 0 Å². The summed E-state index contributed by atoms with van der Waals surface area (Å²) in [5.41, 5.74) is 7.05. The maximum Gasteiger partial charge on any atom is 0.220 e. The van der Waals surface area contributed by atoms with E-state index in [4.69, 9.17) is 10.5 Å². The van der Waals surface area contributed by atoms with Gasteiger partial charge in [-0.3, -0.25) is 4.79 Å². The first kappa shape index (κ1) is 23.0. The fourth-order valence-electron chi connectivity index (χ4n) is 3.56. The summed E-state index contributed by atoms with van der Waals surface area (Å²) < 4.78 is 5.55. The second kappa shape index (κ2) is 10.9.